The second kappa shape index (κ2) is 4.95. The van der Waals surface area contributed by atoms with E-state index in [0.29, 0.717) is 0 Å². The van der Waals surface area contributed by atoms with Gasteiger partial charge in [-0.15, -0.1) is 0 Å². The second-order valence-corrected chi connectivity index (χ2v) is 3.94. The lowest BCUT2D eigenvalue weighted by molar-refractivity contribution is -0.160. The minimum atomic E-state index is -0.928. The zero-order valence-corrected chi connectivity index (χ0v) is 8.99. The summed E-state index contributed by atoms with van der Waals surface area (Å²) < 4.78 is 9.55. The highest BCUT2D eigenvalue weighted by molar-refractivity contribution is 5.71. The summed E-state index contributed by atoms with van der Waals surface area (Å²) in [5, 5.41) is 0. The summed E-state index contributed by atoms with van der Waals surface area (Å²) in [5.41, 5.74) is 4.80. The molecule has 2 N–H and O–H groups in total. The van der Waals surface area contributed by atoms with Crippen LogP contribution in [0.2, 0.25) is 0 Å². The Labute approximate surface area is 83.5 Å². The van der Waals surface area contributed by atoms with E-state index in [0.717, 1.165) is 0 Å². The van der Waals surface area contributed by atoms with Gasteiger partial charge in [-0.1, -0.05) is 0 Å². The number of hydrogen-bond donors (Lipinski definition) is 1. The van der Waals surface area contributed by atoms with Gasteiger partial charge in [-0.3, -0.25) is 15.3 Å². The van der Waals surface area contributed by atoms with Gasteiger partial charge < -0.3 is 9.47 Å². The lowest BCUT2D eigenvalue weighted by Gasteiger charge is -2.20. The third-order valence-electron chi connectivity index (χ3n) is 1.11. The van der Waals surface area contributed by atoms with Gasteiger partial charge in [0.2, 0.25) is 0 Å². The summed E-state index contributed by atoms with van der Waals surface area (Å²) in [5.74, 6) is -0.993. The van der Waals surface area contributed by atoms with Crippen molar-refractivity contribution in [2.45, 2.75) is 45.9 Å². The maximum Gasteiger partial charge on any atom is 0.311 e. The third-order valence-corrected chi connectivity index (χ3v) is 1.11. The predicted molar refractivity (Wildman–Crippen MR) is 50.2 cm³/mol. The van der Waals surface area contributed by atoms with Crippen molar-refractivity contribution in [3.05, 3.63) is 0 Å². The summed E-state index contributed by atoms with van der Waals surface area (Å²) >= 11 is 0. The van der Waals surface area contributed by atoms with Crippen LogP contribution in [0, 0.1) is 0 Å². The van der Waals surface area contributed by atoms with E-state index < -0.39 is 23.8 Å². The van der Waals surface area contributed by atoms with E-state index in [-0.39, 0.29) is 6.42 Å². The van der Waals surface area contributed by atoms with Crippen LogP contribution in [0.5, 0.6) is 0 Å². The molecule has 1 unspecified atom stereocenters. The largest absolute Gasteiger partial charge is 0.460 e. The first-order valence-electron chi connectivity index (χ1n) is 4.35. The molecule has 0 heterocycles. The molecule has 0 radical (unpaired) electrons. The smallest absolute Gasteiger partial charge is 0.311 e. The maximum atomic E-state index is 11.2. The molecule has 5 heteroatoms. The molecular weight excluding hydrogens is 186 g/mol. The number of carbonyl (C=O) groups is 2. The molecule has 0 amide bonds. The first-order valence-corrected chi connectivity index (χ1v) is 4.35. The van der Waals surface area contributed by atoms with Crippen molar-refractivity contribution < 1.29 is 19.1 Å². The van der Waals surface area contributed by atoms with Gasteiger partial charge in [-0.2, -0.15) is 0 Å². The second-order valence-electron chi connectivity index (χ2n) is 3.94. The van der Waals surface area contributed by atoms with Crippen LogP contribution >= 0.6 is 0 Å². The van der Waals surface area contributed by atoms with E-state index in [2.05, 4.69) is 4.74 Å². The van der Waals surface area contributed by atoms with Crippen molar-refractivity contribution in [1.82, 2.24) is 0 Å². The highest BCUT2D eigenvalue weighted by atomic mass is 16.6. The highest BCUT2D eigenvalue weighted by Gasteiger charge is 2.19. The van der Waals surface area contributed by atoms with Crippen molar-refractivity contribution >= 4 is 11.9 Å². The van der Waals surface area contributed by atoms with Crippen LogP contribution in [0.3, 0.4) is 0 Å². The molecule has 0 aliphatic heterocycles. The Morgan fingerprint density at radius 3 is 2.21 bits per heavy atom. The van der Waals surface area contributed by atoms with Crippen molar-refractivity contribution in [3.8, 4) is 0 Å². The minimum absolute atomic E-state index is 0.128. The molecule has 1 atom stereocenters. The molecule has 0 rings (SSSR count). The van der Waals surface area contributed by atoms with E-state index in [1.807, 2.05) is 0 Å². The fourth-order valence-corrected chi connectivity index (χ4v) is 0.802. The molecule has 0 aromatic heterocycles. The standard InChI is InChI=1S/C9H17NO4/c1-6(11)13-7(10)5-8(12)14-9(2,3)4/h7H,5,10H2,1-4H3. The first kappa shape index (κ1) is 12.9. The summed E-state index contributed by atoms with van der Waals surface area (Å²) in [6, 6.07) is 0. The molecule has 0 aliphatic carbocycles. The average Bonchev–Trinajstić information content (AvgIpc) is 1.77. The number of hydrogen-bond acceptors (Lipinski definition) is 5. The Morgan fingerprint density at radius 1 is 1.36 bits per heavy atom. The molecule has 0 aromatic carbocycles. The number of esters is 2. The van der Waals surface area contributed by atoms with Gasteiger partial charge in [-0.05, 0) is 20.8 Å². The van der Waals surface area contributed by atoms with Crippen LogP contribution in [0.15, 0.2) is 0 Å². The predicted octanol–water partition coefficient (Wildman–Crippen LogP) is 0.566. The van der Waals surface area contributed by atoms with Gasteiger partial charge in [0.05, 0.1) is 6.42 Å². The highest BCUT2D eigenvalue weighted by Crippen LogP contribution is 2.09. The summed E-state index contributed by atoms with van der Waals surface area (Å²) in [6.45, 7) is 6.49. The van der Waals surface area contributed by atoms with Gasteiger partial charge in [0.1, 0.15) is 5.60 Å². The van der Waals surface area contributed by atoms with Crippen molar-refractivity contribution in [3.63, 3.8) is 0 Å². The summed E-state index contributed by atoms with van der Waals surface area (Å²) in [4.78, 5) is 21.6. The molecule has 0 saturated heterocycles. The lowest BCUT2D eigenvalue weighted by atomic mass is 10.2. The van der Waals surface area contributed by atoms with Crippen LogP contribution in [-0.2, 0) is 19.1 Å². The van der Waals surface area contributed by atoms with E-state index >= 15 is 0 Å². The summed E-state index contributed by atoms with van der Waals surface area (Å²) in [6.07, 6.45) is -1.06. The Hall–Kier alpha value is -1.10. The molecule has 0 spiro atoms. The lowest BCUT2D eigenvalue weighted by Crippen LogP contribution is -2.32. The topological polar surface area (TPSA) is 78.6 Å². The maximum absolute atomic E-state index is 11.2. The van der Waals surface area contributed by atoms with E-state index in [1.54, 1.807) is 20.8 Å². The van der Waals surface area contributed by atoms with Crippen LogP contribution in [0.4, 0.5) is 0 Å². The Kier molecular flexibility index (Phi) is 4.56. The van der Waals surface area contributed by atoms with Crippen LogP contribution in [0.25, 0.3) is 0 Å². The molecule has 82 valence electrons. The molecule has 0 bridgehead atoms. The van der Waals surface area contributed by atoms with Gasteiger partial charge in [0.15, 0.2) is 6.23 Å². The SMILES string of the molecule is CC(=O)OC(N)CC(=O)OC(C)(C)C. The fourth-order valence-electron chi connectivity index (χ4n) is 0.802. The average molecular weight is 203 g/mol. The molecule has 0 saturated carbocycles. The normalized spacial score (nSPS) is 13.2. The molecule has 5 nitrogen and oxygen atoms in total. The van der Waals surface area contributed by atoms with Gasteiger partial charge in [-0.25, -0.2) is 0 Å². The molecule has 0 aromatic rings. The molecule has 0 fully saturated rings. The summed E-state index contributed by atoms with van der Waals surface area (Å²) in [7, 11) is 0. The van der Waals surface area contributed by atoms with Crippen LogP contribution < -0.4 is 5.73 Å². The van der Waals surface area contributed by atoms with Gasteiger partial charge in [0.25, 0.3) is 0 Å². The Morgan fingerprint density at radius 2 is 1.86 bits per heavy atom. The van der Waals surface area contributed by atoms with Gasteiger partial charge >= 0.3 is 11.9 Å². The van der Waals surface area contributed by atoms with Crippen LogP contribution in [0.1, 0.15) is 34.1 Å². The van der Waals surface area contributed by atoms with Crippen LogP contribution in [-0.4, -0.2) is 23.8 Å². The number of ether oxygens (including phenoxy) is 2. The zero-order valence-electron chi connectivity index (χ0n) is 8.99. The zero-order chi connectivity index (χ0) is 11.4. The molecule has 14 heavy (non-hydrogen) atoms. The minimum Gasteiger partial charge on any atom is -0.460 e. The monoisotopic (exact) mass is 203 g/mol. The molecule has 0 aliphatic rings. The number of carbonyl (C=O) groups excluding carboxylic acids is 2. The molecular formula is C9H17NO4. The van der Waals surface area contributed by atoms with Crippen molar-refractivity contribution in [2.24, 2.45) is 5.73 Å². The van der Waals surface area contributed by atoms with Crippen molar-refractivity contribution in [1.29, 1.82) is 0 Å². The van der Waals surface area contributed by atoms with Gasteiger partial charge in [0, 0.05) is 6.92 Å². The number of rotatable bonds is 3. The van der Waals surface area contributed by atoms with E-state index in [4.69, 9.17) is 10.5 Å². The van der Waals surface area contributed by atoms with Crippen molar-refractivity contribution in [2.75, 3.05) is 0 Å². The third kappa shape index (κ3) is 7.54. The Balaban J connectivity index is 3.89. The quantitative estimate of drug-likeness (QED) is 0.535. The Bertz CT molecular complexity index is 219. The number of nitrogens with two attached hydrogens (primary N) is 1. The van der Waals surface area contributed by atoms with E-state index in [9.17, 15) is 9.59 Å². The van der Waals surface area contributed by atoms with E-state index in [1.165, 1.54) is 6.92 Å². The first-order chi connectivity index (χ1) is 6.20. The fraction of sp³-hybridized carbons (Fsp3) is 0.778.